The minimum absolute atomic E-state index is 0.0698. The average molecular weight is 273 g/mol. The van der Waals surface area contributed by atoms with Gasteiger partial charge in [-0.1, -0.05) is 12.1 Å². The van der Waals surface area contributed by atoms with E-state index in [-0.39, 0.29) is 17.5 Å². The lowest BCUT2D eigenvalue weighted by atomic mass is 10.1. The molecule has 1 aliphatic rings. The standard InChI is InChI=1S/C15H12FNO3/c16-10-3-1-9(2-4-10)7-14-15(19)17-12-6-5-11(18)8-13(12)20-14/h1-6,8,14,18H,7H2,(H,17,19). The molecule has 102 valence electrons. The fourth-order valence-electron chi connectivity index (χ4n) is 2.10. The van der Waals surface area contributed by atoms with Crippen LogP contribution in [0.3, 0.4) is 0 Å². The zero-order chi connectivity index (χ0) is 14.1. The molecule has 0 bridgehead atoms. The normalized spacial score (nSPS) is 17.1. The topological polar surface area (TPSA) is 58.6 Å². The molecule has 1 aliphatic heterocycles. The Kier molecular flexibility index (Phi) is 3.02. The smallest absolute Gasteiger partial charge is 0.265 e. The number of ether oxygens (including phenoxy) is 1. The predicted octanol–water partition coefficient (Wildman–Crippen LogP) is 2.47. The summed E-state index contributed by atoms with van der Waals surface area (Å²) in [5.74, 6) is -0.0808. The molecule has 1 unspecified atom stereocenters. The van der Waals surface area contributed by atoms with E-state index in [9.17, 15) is 14.3 Å². The van der Waals surface area contributed by atoms with Crippen LogP contribution in [0.2, 0.25) is 0 Å². The number of phenolic OH excluding ortho intramolecular Hbond substituents is 1. The van der Waals surface area contributed by atoms with Gasteiger partial charge in [0, 0.05) is 12.5 Å². The average Bonchev–Trinajstić information content (AvgIpc) is 2.42. The molecule has 5 heteroatoms. The van der Waals surface area contributed by atoms with Crippen LogP contribution in [0.5, 0.6) is 11.5 Å². The number of hydrogen-bond donors (Lipinski definition) is 2. The van der Waals surface area contributed by atoms with Crippen LogP contribution in [-0.4, -0.2) is 17.1 Å². The minimum atomic E-state index is -0.699. The van der Waals surface area contributed by atoms with Gasteiger partial charge in [-0.2, -0.15) is 0 Å². The summed E-state index contributed by atoms with van der Waals surface area (Å²) in [5.41, 5.74) is 1.33. The van der Waals surface area contributed by atoms with Gasteiger partial charge in [0.15, 0.2) is 6.10 Å². The number of amides is 1. The second-order valence-corrected chi connectivity index (χ2v) is 4.61. The quantitative estimate of drug-likeness (QED) is 0.826. The van der Waals surface area contributed by atoms with Gasteiger partial charge < -0.3 is 15.2 Å². The van der Waals surface area contributed by atoms with E-state index >= 15 is 0 Å². The third-order valence-corrected chi connectivity index (χ3v) is 3.12. The van der Waals surface area contributed by atoms with Gasteiger partial charge in [-0.25, -0.2) is 4.39 Å². The number of carbonyl (C=O) groups is 1. The van der Waals surface area contributed by atoms with E-state index in [2.05, 4.69) is 5.32 Å². The third kappa shape index (κ3) is 2.42. The second-order valence-electron chi connectivity index (χ2n) is 4.61. The largest absolute Gasteiger partial charge is 0.508 e. The molecule has 2 aromatic rings. The molecule has 0 radical (unpaired) electrons. The van der Waals surface area contributed by atoms with Crippen LogP contribution in [-0.2, 0) is 11.2 Å². The van der Waals surface area contributed by atoms with E-state index in [1.54, 1.807) is 18.2 Å². The number of halogens is 1. The van der Waals surface area contributed by atoms with Gasteiger partial charge >= 0.3 is 0 Å². The molecule has 2 N–H and O–H groups in total. The molecule has 0 aromatic heterocycles. The predicted molar refractivity (Wildman–Crippen MR) is 71.3 cm³/mol. The summed E-state index contributed by atoms with van der Waals surface area (Å²) in [6, 6.07) is 10.4. The van der Waals surface area contributed by atoms with Crippen molar-refractivity contribution in [1.82, 2.24) is 0 Å². The number of nitrogens with one attached hydrogen (secondary N) is 1. The molecule has 0 aliphatic carbocycles. The first-order valence-corrected chi connectivity index (χ1v) is 6.17. The van der Waals surface area contributed by atoms with Gasteiger partial charge in [0.1, 0.15) is 17.3 Å². The van der Waals surface area contributed by atoms with Crippen LogP contribution in [0.15, 0.2) is 42.5 Å². The number of fused-ring (bicyclic) bond motifs is 1. The molecular formula is C15H12FNO3. The van der Waals surface area contributed by atoms with Crippen molar-refractivity contribution in [2.24, 2.45) is 0 Å². The van der Waals surface area contributed by atoms with Crippen molar-refractivity contribution in [2.75, 3.05) is 5.32 Å². The molecule has 0 spiro atoms. The van der Waals surface area contributed by atoms with Gasteiger partial charge in [-0.15, -0.1) is 0 Å². The van der Waals surface area contributed by atoms with Crippen molar-refractivity contribution >= 4 is 11.6 Å². The fourth-order valence-corrected chi connectivity index (χ4v) is 2.10. The summed E-state index contributed by atoms with van der Waals surface area (Å²) in [4.78, 5) is 11.9. The Morgan fingerprint density at radius 1 is 1.20 bits per heavy atom. The molecule has 4 nitrogen and oxygen atoms in total. The zero-order valence-electron chi connectivity index (χ0n) is 10.5. The Morgan fingerprint density at radius 2 is 1.95 bits per heavy atom. The van der Waals surface area contributed by atoms with E-state index in [0.717, 1.165) is 5.56 Å². The van der Waals surface area contributed by atoms with Gasteiger partial charge in [0.25, 0.3) is 5.91 Å². The van der Waals surface area contributed by atoms with E-state index in [0.29, 0.717) is 17.9 Å². The summed E-state index contributed by atoms with van der Waals surface area (Å²) in [5, 5.41) is 12.1. The highest BCUT2D eigenvalue weighted by molar-refractivity contribution is 5.98. The van der Waals surface area contributed by atoms with E-state index in [4.69, 9.17) is 4.74 Å². The SMILES string of the molecule is O=C1Nc2ccc(O)cc2OC1Cc1ccc(F)cc1. The lowest BCUT2D eigenvalue weighted by molar-refractivity contribution is -0.123. The van der Waals surface area contributed by atoms with Crippen LogP contribution in [0.4, 0.5) is 10.1 Å². The van der Waals surface area contributed by atoms with Crippen molar-refractivity contribution in [1.29, 1.82) is 0 Å². The third-order valence-electron chi connectivity index (χ3n) is 3.12. The first kappa shape index (κ1) is 12.5. The maximum atomic E-state index is 12.8. The first-order chi connectivity index (χ1) is 9.61. The Hall–Kier alpha value is -2.56. The summed E-state index contributed by atoms with van der Waals surface area (Å²) < 4.78 is 18.4. The maximum absolute atomic E-state index is 12.8. The molecule has 0 fully saturated rings. The fraction of sp³-hybridized carbons (Fsp3) is 0.133. The van der Waals surface area contributed by atoms with Gasteiger partial charge in [0.05, 0.1) is 5.69 Å². The Labute approximate surface area is 114 Å². The van der Waals surface area contributed by atoms with E-state index in [1.807, 2.05) is 0 Å². The number of carbonyl (C=O) groups excluding carboxylic acids is 1. The summed E-state index contributed by atoms with van der Waals surface area (Å²) in [7, 11) is 0. The number of benzene rings is 2. The van der Waals surface area contributed by atoms with Crippen molar-refractivity contribution < 1.29 is 19.0 Å². The lowest BCUT2D eigenvalue weighted by Gasteiger charge is -2.26. The van der Waals surface area contributed by atoms with Crippen LogP contribution in [0.25, 0.3) is 0 Å². The molecule has 1 amide bonds. The zero-order valence-corrected chi connectivity index (χ0v) is 10.5. The monoisotopic (exact) mass is 273 g/mol. The number of aromatic hydroxyl groups is 1. The van der Waals surface area contributed by atoms with Crippen LogP contribution < -0.4 is 10.1 Å². The first-order valence-electron chi connectivity index (χ1n) is 6.17. The molecule has 20 heavy (non-hydrogen) atoms. The molecule has 0 saturated carbocycles. The number of rotatable bonds is 2. The van der Waals surface area contributed by atoms with Crippen molar-refractivity contribution in [3.63, 3.8) is 0 Å². The van der Waals surface area contributed by atoms with Crippen molar-refractivity contribution in [2.45, 2.75) is 12.5 Å². The van der Waals surface area contributed by atoms with Crippen molar-refractivity contribution in [3.8, 4) is 11.5 Å². The van der Waals surface area contributed by atoms with Gasteiger partial charge in [0.2, 0.25) is 0 Å². The highest BCUT2D eigenvalue weighted by Crippen LogP contribution is 2.33. The summed E-state index contributed by atoms with van der Waals surface area (Å²) in [6.07, 6.45) is -0.365. The molecule has 1 atom stereocenters. The molecule has 1 heterocycles. The minimum Gasteiger partial charge on any atom is -0.508 e. The number of phenols is 1. The number of anilines is 1. The van der Waals surface area contributed by atoms with Crippen LogP contribution in [0.1, 0.15) is 5.56 Å². The second kappa shape index (κ2) is 4.85. The van der Waals surface area contributed by atoms with Crippen LogP contribution >= 0.6 is 0 Å². The van der Waals surface area contributed by atoms with Gasteiger partial charge in [-0.3, -0.25) is 4.79 Å². The molecule has 0 saturated heterocycles. The van der Waals surface area contributed by atoms with Crippen LogP contribution in [0, 0.1) is 5.82 Å². The summed E-state index contributed by atoms with van der Waals surface area (Å²) >= 11 is 0. The Bertz CT molecular complexity index is 655. The number of hydrogen-bond acceptors (Lipinski definition) is 3. The van der Waals surface area contributed by atoms with Crippen molar-refractivity contribution in [3.05, 3.63) is 53.8 Å². The highest BCUT2D eigenvalue weighted by Gasteiger charge is 2.27. The highest BCUT2D eigenvalue weighted by atomic mass is 19.1. The van der Waals surface area contributed by atoms with E-state index in [1.165, 1.54) is 24.3 Å². The molecule has 3 rings (SSSR count). The molecule has 2 aromatic carbocycles. The molecular weight excluding hydrogens is 261 g/mol. The Morgan fingerprint density at radius 3 is 2.70 bits per heavy atom. The Balaban J connectivity index is 1.81. The van der Waals surface area contributed by atoms with Gasteiger partial charge in [-0.05, 0) is 29.8 Å². The lowest BCUT2D eigenvalue weighted by Crippen LogP contribution is -2.38. The maximum Gasteiger partial charge on any atom is 0.265 e. The van der Waals surface area contributed by atoms with E-state index < -0.39 is 6.10 Å². The summed E-state index contributed by atoms with van der Waals surface area (Å²) in [6.45, 7) is 0.